The minimum Gasteiger partial charge on any atom is -0.507 e. The highest BCUT2D eigenvalue weighted by atomic mass is 16.6. The van der Waals surface area contributed by atoms with E-state index >= 15 is 0 Å². The molecule has 1 aromatic heterocycles. The number of carbonyl (C=O) groups excluding carboxylic acids is 1. The number of aliphatic hydroxyl groups excluding tert-OH is 1. The van der Waals surface area contributed by atoms with Gasteiger partial charge < -0.3 is 14.8 Å². The molecule has 3 aromatic rings. The Kier molecular flexibility index (Phi) is 5.46. The van der Waals surface area contributed by atoms with Gasteiger partial charge in [-0.25, -0.2) is 4.98 Å². The molecule has 0 saturated heterocycles. The van der Waals surface area contributed by atoms with Crippen LogP contribution >= 0.6 is 0 Å². The number of para-hydroxylation sites is 2. The number of nitrogens with one attached hydrogen (secondary N) is 1. The van der Waals surface area contributed by atoms with Crippen LogP contribution in [0.25, 0.3) is 16.6 Å². The SMILES string of the molecule is Cc1ccc(CC(=O)O[C@@H](C)/C(O)=C(\C#N)c2nc3ccccc3[nH]2)cc1C. The van der Waals surface area contributed by atoms with Crippen LogP contribution in [-0.2, 0) is 16.0 Å². The van der Waals surface area contributed by atoms with Gasteiger partial charge in [0.1, 0.15) is 11.6 Å². The molecule has 2 aromatic carbocycles. The summed E-state index contributed by atoms with van der Waals surface area (Å²) < 4.78 is 5.32. The Bertz CT molecular complexity index is 1070. The van der Waals surface area contributed by atoms with Crippen LogP contribution in [0.5, 0.6) is 0 Å². The summed E-state index contributed by atoms with van der Waals surface area (Å²) in [4.78, 5) is 19.6. The van der Waals surface area contributed by atoms with Crippen molar-refractivity contribution in [1.82, 2.24) is 9.97 Å². The van der Waals surface area contributed by atoms with E-state index in [9.17, 15) is 15.2 Å². The molecule has 0 fully saturated rings. The van der Waals surface area contributed by atoms with Crippen molar-refractivity contribution in [2.24, 2.45) is 0 Å². The first-order chi connectivity index (χ1) is 13.4. The quantitative estimate of drug-likeness (QED) is 0.396. The van der Waals surface area contributed by atoms with E-state index in [0.29, 0.717) is 5.52 Å². The third kappa shape index (κ3) is 4.04. The highest BCUT2D eigenvalue weighted by molar-refractivity contribution is 5.83. The van der Waals surface area contributed by atoms with Crippen molar-refractivity contribution in [2.45, 2.75) is 33.3 Å². The Balaban J connectivity index is 1.77. The van der Waals surface area contributed by atoms with E-state index in [4.69, 9.17) is 4.74 Å². The summed E-state index contributed by atoms with van der Waals surface area (Å²) in [7, 11) is 0. The molecule has 6 nitrogen and oxygen atoms in total. The van der Waals surface area contributed by atoms with E-state index in [1.54, 1.807) is 6.07 Å². The zero-order valence-corrected chi connectivity index (χ0v) is 16.0. The first-order valence-electron chi connectivity index (χ1n) is 8.93. The van der Waals surface area contributed by atoms with Gasteiger partial charge >= 0.3 is 5.97 Å². The molecule has 0 bridgehead atoms. The molecule has 2 N–H and O–H groups in total. The van der Waals surface area contributed by atoms with Crippen molar-refractivity contribution in [3.63, 3.8) is 0 Å². The topological polar surface area (TPSA) is 99.0 Å². The number of aliphatic hydroxyl groups is 1. The number of imidazole rings is 1. The third-order valence-corrected chi connectivity index (χ3v) is 4.61. The van der Waals surface area contributed by atoms with E-state index in [-0.39, 0.29) is 23.6 Å². The number of hydrogen-bond donors (Lipinski definition) is 2. The lowest BCUT2D eigenvalue weighted by Crippen LogP contribution is -2.19. The van der Waals surface area contributed by atoms with Gasteiger partial charge in [0.05, 0.1) is 17.5 Å². The molecule has 0 aliphatic rings. The number of fused-ring (bicyclic) bond motifs is 1. The van der Waals surface area contributed by atoms with Gasteiger partial charge in [-0.15, -0.1) is 0 Å². The molecular weight excluding hydrogens is 354 g/mol. The minimum absolute atomic E-state index is 0.0531. The number of nitriles is 1. The normalized spacial score (nSPS) is 12.9. The van der Waals surface area contributed by atoms with E-state index < -0.39 is 12.1 Å². The molecule has 0 spiro atoms. The predicted octanol–water partition coefficient (Wildman–Crippen LogP) is 4.15. The van der Waals surface area contributed by atoms with Gasteiger partial charge in [0, 0.05) is 0 Å². The highest BCUT2D eigenvalue weighted by Crippen LogP contribution is 2.21. The van der Waals surface area contributed by atoms with Gasteiger partial charge in [0.15, 0.2) is 17.7 Å². The molecule has 0 saturated carbocycles. The number of allylic oxidation sites excluding steroid dienone is 1. The molecule has 0 amide bonds. The number of carbonyl (C=O) groups is 1. The summed E-state index contributed by atoms with van der Waals surface area (Å²) in [6.07, 6.45) is -0.882. The molecule has 0 aliphatic carbocycles. The lowest BCUT2D eigenvalue weighted by molar-refractivity contribution is -0.146. The molecule has 1 atom stereocenters. The van der Waals surface area contributed by atoms with Crippen LogP contribution in [0.3, 0.4) is 0 Å². The standard InChI is InChI=1S/C22H21N3O3/c1-13-8-9-16(10-14(13)2)11-20(26)28-15(3)21(27)17(12-23)22-24-18-6-4-5-7-19(18)25-22/h4-10,15,27H,11H2,1-3H3,(H,24,25)/b21-17-/t15-/m0/s1. The summed E-state index contributed by atoms with van der Waals surface area (Å²) in [5.74, 6) is -0.586. The van der Waals surface area contributed by atoms with Crippen molar-refractivity contribution in [1.29, 1.82) is 5.26 Å². The van der Waals surface area contributed by atoms with Crippen molar-refractivity contribution in [3.8, 4) is 6.07 Å². The fraction of sp³-hybridized carbons (Fsp3) is 0.227. The predicted molar refractivity (Wildman–Crippen MR) is 106 cm³/mol. The number of ether oxygens (including phenoxy) is 1. The number of H-pyrrole nitrogens is 1. The van der Waals surface area contributed by atoms with Gasteiger partial charge in [0.2, 0.25) is 0 Å². The van der Waals surface area contributed by atoms with Crippen molar-refractivity contribution >= 4 is 22.6 Å². The van der Waals surface area contributed by atoms with Crippen LogP contribution in [0, 0.1) is 25.2 Å². The Morgan fingerprint density at radius 1 is 1.25 bits per heavy atom. The number of nitrogens with zero attached hydrogens (tertiary/aromatic N) is 2. The summed E-state index contributed by atoms with van der Waals surface area (Å²) >= 11 is 0. The molecule has 6 heteroatoms. The summed E-state index contributed by atoms with van der Waals surface area (Å²) in [5.41, 5.74) is 4.45. The first kappa shape index (κ1) is 19.2. The number of esters is 1. The second-order valence-corrected chi connectivity index (χ2v) is 6.70. The molecule has 28 heavy (non-hydrogen) atoms. The molecular formula is C22H21N3O3. The van der Waals surface area contributed by atoms with Crippen LogP contribution in [0.1, 0.15) is 29.4 Å². The molecule has 0 radical (unpaired) electrons. The second kappa shape index (κ2) is 7.97. The Morgan fingerprint density at radius 3 is 2.68 bits per heavy atom. The molecule has 1 heterocycles. The van der Waals surface area contributed by atoms with Gasteiger partial charge in [-0.3, -0.25) is 4.79 Å². The van der Waals surface area contributed by atoms with Gasteiger partial charge in [-0.1, -0.05) is 30.3 Å². The number of aromatic amines is 1. The van der Waals surface area contributed by atoms with Gasteiger partial charge in [-0.05, 0) is 49.6 Å². The monoisotopic (exact) mass is 375 g/mol. The number of aryl methyl sites for hydroxylation is 2. The number of hydrogen-bond acceptors (Lipinski definition) is 5. The average molecular weight is 375 g/mol. The van der Waals surface area contributed by atoms with Crippen molar-refractivity contribution in [3.05, 3.63) is 70.7 Å². The highest BCUT2D eigenvalue weighted by Gasteiger charge is 2.21. The van der Waals surface area contributed by atoms with Crippen LogP contribution in [-0.4, -0.2) is 27.1 Å². The lowest BCUT2D eigenvalue weighted by Gasteiger charge is -2.14. The van der Waals surface area contributed by atoms with E-state index in [2.05, 4.69) is 9.97 Å². The lowest BCUT2D eigenvalue weighted by atomic mass is 10.0. The number of aromatic nitrogens is 2. The van der Waals surface area contributed by atoms with Crippen LogP contribution < -0.4 is 0 Å². The number of benzene rings is 2. The maximum absolute atomic E-state index is 12.2. The minimum atomic E-state index is -0.970. The zero-order valence-electron chi connectivity index (χ0n) is 16.0. The fourth-order valence-corrected chi connectivity index (χ4v) is 2.88. The molecule has 3 rings (SSSR count). The van der Waals surface area contributed by atoms with Gasteiger partial charge in [-0.2, -0.15) is 5.26 Å². The van der Waals surface area contributed by atoms with Crippen molar-refractivity contribution in [2.75, 3.05) is 0 Å². The second-order valence-electron chi connectivity index (χ2n) is 6.70. The Hall–Kier alpha value is -3.59. The Labute approximate surface area is 163 Å². The van der Waals surface area contributed by atoms with Crippen LogP contribution in [0.2, 0.25) is 0 Å². The number of rotatable bonds is 5. The molecule has 0 unspecified atom stereocenters. The van der Waals surface area contributed by atoms with Crippen LogP contribution in [0.15, 0.2) is 48.2 Å². The average Bonchev–Trinajstić information content (AvgIpc) is 3.08. The maximum Gasteiger partial charge on any atom is 0.310 e. The third-order valence-electron chi connectivity index (χ3n) is 4.61. The molecule has 142 valence electrons. The first-order valence-corrected chi connectivity index (χ1v) is 8.93. The van der Waals surface area contributed by atoms with E-state index in [0.717, 1.165) is 22.2 Å². The zero-order chi connectivity index (χ0) is 20.3. The Morgan fingerprint density at radius 2 is 2.00 bits per heavy atom. The largest absolute Gasteiger partial charge is 0.507 e. The summed E-state index contributed by atoms with van der Waals surface area (Å²) in [6.45, 7) is 5.51. The van der Waals surface area contributed by atoms with E-state index in [1.165, 1.54) is 6.92 Å². The molecule has 0 aliphatic heterocycles. The van der Waals surface area contributed by atoms with Gasteiger partial charge in [0.25, 0.3) is 0 Å². The maximum atomic E-state index is 12.2. The summed E-state index contributed by atoms with van der Waals surface area (Å²) in [5, 5.41) is 20.0. The smallest absolute Gasteiger partial charge is 0.310 e. The fourth-order valence-electron chi connectivity index (χ4n) is 2.88. The van der Waals surface area contributed by atoms with Crippen LogP contribution in [0.4, 0.5) is 0 Å². The van der Waals surface area contributed by atoms with Crippen molar-refractivity contribution < 1.29 is 14.6 Å². The van der Waals surface area contributed by atoms with E-state index in [1.807, 2.05) is 56.3 Å². The summed E-state index contributed by atoms with van der Waals surface area (Å²) in [6, 6.07) is 15.0.